The van der Waals surface area contributed by atoms with Crippen molar-refractivity contribution in [3.63, 3.8) is 0 Å². The Kier molecular flexibility index (Phi) is 4.11. The summed E-state index contributed by atoms with van der Waals surface area (Å²) in [5.74, 6) is -0.726. The van der Waals surface area contributed by atoms with E-state index in [-0.39, 0.29) is 29.3 Å². The molecule has 0 spiro atoms. The van der Waals surface area contributed by atoms with Crippen LogP contribution in [0.3, 0.4) is 0 Å². The van der Waals surface area contributed by atoms with E-state index < -0.39 is 5.97 Å². The smallest absolute Gasteiger partial charge is 0.305 e. The summed E-state index contributed by atoms with van der Waals surface area (Å²) in [6, 6.07) is -0.363. The third-order valence-corrected chi connectivity index (χ3v) is 2.75. The fraction of sp³-hybridized carbons (Fsp3) is 0.583. The lowest BCUT2D eigenvalue weighted by molar-refractivity contribution is -0.137. The summed E-state index contributed by atoms with van der Waals surface area (Å²) < 4.78 is 1.40. The summed E-state index contributed by atoms with van der Waals surface area (Å²) in [5.41, 5.74) is -0.557. The Morgan fingerprint density at radius 3 is 2.67 bits per heavy atom. The van der Waals surface area contributed by atoms with Gasteiger partial charge in [0.05, 0.1) is 6.42 Å². The van der Waals surface area contributed by atoms with Crippen LogP contribution in [-0.4, -0.2) is 26.7 Å². The van der Waals surface area contributed by atoms with Gasteiger partial charge >= 0.3 is 5.97 Å². The number of hydrogen-bond donors (Lipinski definition) is 2. The van der Waals surface area contributed by atoms with Gasteiger partial charge in [0.15, 0.2) is 5.82 Å². The Morgan fingerprint density at radius 1 is 1.56 bits per heavy atom. The van der Waals surface area contributed by atoms with Gasteiger partial charge in [0.25, 0.3) is 5.56 Å². The first-order valence-electron chi connectivity index (χ1n) is 5.72. The van der Waals surface area contributed by atoms with E-state index >= 15 is 0 Å². The molecule has 2 N–H and O–H groups in total. The fourth-order valence-electron chi connectivity index (χ4n) is 1.51. The molecule has 1 atom stereocenters. The number of nitrogens with zero attached hydrogens (tertiary/aromatic N) is 2. The molecule has 1 unspecified atom stereocenters. The maximum Gasteiger partial charge on any atom is 0.305 e. The van der Waals surface area contributed by atoms with Gasteiger partial charge < -0.3 is 15.0 Å². The molecule has 0 radical (unpaired) electrons. The molecule has 0 amide bonds. The highest BCUT2D eigenvalue weighted by Gasteiger charge is 2.27. The van der Waals surface area contributed by atoms with Crippen LogP contribution in [0.4, 0.5) is 5.82 Å². The first-order chi connectivity index (χ1) is 8.21. The first-order valence-corrected chi connectivity index (χ1v) is 5.72. The largest absolute Gasteiger partial charge is 0.481 e. The zero-order chi connectivity index (χ0) is 13.9. The second-order valence-corrected chi connectivity index (χ2v) is 5.35. The molecular formula is C12H19N3O3. The Labute approximate surface area is 106 Å². The van der Waals surface area contributed by atoms with Crippen LogP contribution in [0.1, 0.15) is 27.2 Å². The lowest BCUT2D eigenvalue weighted by atomic mass is 9.85. The molecule has 0 saturated heterocycles. The molecule has 18 heavy (non-hydrogen) atoms. The van der Waals surface area contributed by atoms with Gasteiger partial charge in [0, 0.05) is 25.5 Å². The van der Waals surface area contributed by atoms with Crippen molar-refractivity contribution in [3.05, 3.63) is 22.7 Å². The minimum absolute atomic E-state index is 0.0662. The average Bonchev–Trinajstić information content (AvgIpc) is 2.21. The molecule has 1 aromatic heterocycles. The minimum atomic E-state index is -0.907. The van der Waals surface area contributed by atoms with Gasteiger partial charge in [-0.3, -0.25) is 9.59 Å². The van der Waals surface area contributed by atoms with Gasteiger partial charge in [-0.25, -0.2) is 4.98 Å². The highest BCUT2D eigenvalue weighted by atomic mass is 16.4. The fourth-order valence-corrected chi connectivity index (χ4v) is 1.51. The zero-order valence-electron chi connectivity index (χ0n) is 11.1. The molecule has 6 heteroatoms. The molecule has 0 aliphatic rings. The number of carboxylic acids is 1. The van der Waals surface area contributed by atoms with Gasteiger partial charge in [-0.15, -0.1) is 0 Å². The van der Waals surface area contributed by atoms with Crippen molar-refractivity contribution in [1.29, 1.82) is 0 Å². The van der Waals surface area contributed by atoms with Gasteiger partial charge in [-0.05, 0) is 5.41 Å². The van der Waals surface area contributed by atoms with E-state index in [1.807, 2.05) is 20.8 Å². The topological polar surface area (TPSA) is 84.2 Å². The Balaban J connectivity index is 3.00. The molecule has 0 aliphatic carbocycles. The van der Waals surface area contributed by atoms with Gasteiger partial charge in [0.1, 0.15) is 0 Å². The van der Waals surface area contributed by atoms with Crippen molar-refractivity contribution in [1.82, 2.24) is 9.55 Å². The number of carbonyl (C=O) groups is 1. The molecule has 100 valence electrons. The highest BCUT2D eigenvalue weighted by molar-refractivity contribution is 5.68. The third-order valence-electron chi connectivity index (χ3n) is 2.75. The molecule has 0 saturated carbocycles. The predicted octanol–water partition coefficient (Wildman–Crippen LogP) is 1.08. The van der Waals surface area contributed by atoms with Crippen LogP contribution in [0.15, 0.2) is 17.2 Å². The molecule has 1 aromatic rings. The number of hydrogen-bond acceptors (Lipinski definition) is 4. The monoisotopic (exact) mass is 253 g/mol. The summed E-state index contributed by atoms with van der Waals surface area (Å²) >= 11 is 0. The SMILES string of the molecule is Cn1ccnc(NC(CC(=O)O)C(C)(C)C)c1=O. The third kappa shape index (κ3) is 3.58. The molecular weight excluding hydrogens is 234 g/mol. The highest BCUT2D eigenvalue weighted by Crippen LogP contribution is 2.24. The van der Waals surface area contributed by atoms with Crippen LogP contribution in [0, 0.1) is 5.41 Å². The number of aromatic nitrogens is 2. The Bertz CT molecular complexity index is 488. The van der Waals surface area contributed by atoms with E-state index in [4.69, 9.17) is 5.11 Å². The summed E-state index contributed by atoms with van der Waals surface area (Å²) in [7, 11) is 1.62. The number of rotatable bonds is 4. The number of aryl methyl sites for hydroxylation is 1. The molecule has 0 aromatic carbocycles. The minimum Gasteiger partial charge on any atom is -0.481 e. The molecule has 0 aliphatic heterocycles. The van der Waals surface area contributed by atoms with Crippen LogP contribution in [0.2, 0.25) is 0 Å². The van der Waals surface area contributed by atoms with E-state index in [1.165, 1.54) is 10.8 Å². The average molecular weight is 253 g/mol. The number of aliphatic carboxylic acids is 1. The predicted molar refractivity (Wildman–Crippen MR) is 68.6 cm³/mol. The second-order valence-electron chi connectivity index (χ2n) is 5.35. The van der Waals surface area contributed by atoms with Crippen LogP contribution in [0.25, 0.3) is 0 Å². The molecule has 0 bridgehead atoms. The molecule has 0 fully saturated rings. The molecule has 6 nitrogen and oxygen atoms in total. The van der Waals surface area contributed by atoms with Crippen molar-refractivity contribution in [3.8, 4) is 0 Å². The van der Waals surface area contributed by atoms with Crippen molar-refractivity contribution in [2.45, 2.75) is 33.2 Å². The van der Waals surface area contributed by atoms with E-state index in [9.17, 15) is 9.59 Å². The number of nitrogens with one attached hydrogen (secondary N) is 1. The standard InChI is InChI=1S/C12H19N3O3/c1-12(2,3)8(7-9(16)17)14-10-11(18)15(4)6-5-13-10/h5-6,8H,7H2,1-4H3,(H,13,14)(H,16,17). The normalized spacial score (nSPS) is 13.1. The summed E-state index contributed by atoms with van der Waals surface area (Å²) in [4.78, 5) is 26.6. The number of anilines is 1. The van der Waals surface area contributed by atoms with Crippen molar-refractivity contribution >= 4 is 11.8 Å². The first kappa shape index (κ1) is 14.2. The van der Waals surface area contributed by atoms with Crippen LogP contribution < -0.4 is 10.9 Å². The van der Waals surface area contributed by atoms with Gasteiger partial charge in [0.2, 0.25) is 0 Å². The molecule has 1 heterocycles. The Morgan fingerprint density at radius 2 is 2.17 bits per heavy atom. The second kappa shape index (κ2) is 5.20. The van der Waals surface area contributed by atoms with Crippen LogP contribution in [0.5, 0.6) is 0 Å². The van der Waals surface area contributed by atoms with Crippen LogP contribution >= 0.6 is 0 Å². The quantitative estimate of drug-likeness (QED) is 0.838. The van der Waals surface area contributed by atoms with Gasteiger partial charge in [-0.1, -0.05) is 20.8 Å². The summed E-state index contributed by atoms with van der Waals surface area (Å²) in [6.45, 7) is 5.75. The lowest BCUT2D eigenvalue weighted by Gasteiger charge is -2.30. The lowest BCUT2D eigenvalue weighted by Crippen LogP contribution is -2.38. The maximum absolute atomic E-state index is 11.8. The summed E-state index contributed by atoms with van der Waals surface area (Å²) in [6.07, 6.45) is 2.99. The van der Waals surface area contributed by atoms with E-state index in [0.29, 0.717) is 0 Å². The van der Waals surface area contributed by atoms with E-state index in [0.717, 1.165) is 0 Å². The maximum atomic E-state index is 11.8. The summed E-state index contributed by atoms with van der Waals surface area (Å²) in [5, 5.41) is 11.8. The van der Waals surface area contributed by atoms with Crippen molar-refractivity contribution < 1.29 is 9.90 Å². The van der Waals surface area contributed by atoms with Crippen LogP contribution in [-0.2, 0) is 11.8 Å². The Hall–Kier alpha value is -1.85. The van der Waals surface area contributed by atoms with E-state index in [2.05, 4.69) is 10.3 Å². The van der Waals surface area contributed by atoms with Crippen molar-refractivity contribution in [2.75, 3.05) is 5.32 Å². The molecule has 1 rings (SSSR count). The van der Waals surface area contributed by atoms with E-state index in [1.54, 1.807) is 13.2 Å². The number of carboxylic acid groups (broad SMARTS) is 1. The van der Waals surface area contributed by atoms with Crippen molar-refractivity contribution in [2.24, 2.45) is 12.5 Å². The van der Waals surface area contributed by atoms with Gasteiger partial charge in [-0.2, -0.15) is 0 Å². The zero-order valence-corrected chi connectivity index (χ0v) is 11.1.